The van der Waals surface area contributed by atoms with Crippen LogP contribution in [-0.4, -0.2) is 152 Å². The number of methoxy groups -OCH3 is 1. The maximum absolute atomic E-state index is 15.0. The fourth-order valence-corrected chi connectivity index (χ4v) is 13.5. The van der Waals surface area contributed by atoms with Gasteiger partial charge < -0.3 is 43.2 Å². The third-order valence-electron chi connectivity index (χ3n) is 17.1. The number of hydrazine groups is 1. The predicted octanol–water partition coefficient (Wildman–Crippen LogP) is 7.26. The third-order valence-corrected chi connectivity index (χ3v) is 18.0. The molecule has 8 atom stereocenters. The van der Waals surface area contributed by atoms with Crippen molar-refractivity contribution in [3.05, 3.63) is 52.1 Å². The van der Waals surface area contributed by atoms with Gasteiger partial charge in [-0.2, -0.15) is 0 Å². The average Bonchev–Trinajstić information content (AvgIpc) is 4.19. The van der Waals surface area contributed by atoms with Gasteiger partial charge in [-0.3, -0.25) is 29.3 Å². The summed E-state index contributed by atoms with van der Waals surface area (Å²) in [6.07, 6.45) is 8.80. The predicted molar refractivity (Wildman–Crippen MR) is 286 cm³/mol. The van der Waals surface area contributed by atoms with Gasteiger partial charge in [0.25, 0.3) is 5.91 Å². The molecule has 1 aromatic carbocycles. The molecule has 17 nitrogen and oxygen atoms in total. The second-order valence-corrected chi connectivity index (χ2v) is 23.8. The Bertz CT molecular complexity index is 2690. The topological polar surface area (TPSA) is 171 Å². The molecular weight excluding hydrogens is 973 g/mol. The molecule has 4 saturated heterocycles. The number of benzene rings is 1. The molecule has 2 saturated carbocycles. The molecule has 2 N–H and O–H groups in total. The zero-order chi connectivity index (χ0) is 52.0. The number of fused-ring (bicyclic) bond motifs is 6. The number of anilines is 1. The molecule has 2 aliphatic carbocycles. The van der Waals surface area contributed by atoms with Crippen molar-refractivity contribution in [3.8, 4) is 22.5 Å². The summed E-state index contributed by atoms with van der Waals surface area (Å²) < 4.78 is 39.7. The number of ether oxygens (including phenoxy) is 6. The highest BCUT2D eigenvalue weighted by Gasteiger charge is 2.57. The van der Waals surface area contributed by atoms with Gasteiger partial charge in [0.05, 0.1) is 60.5 Å². The van der Waals surface area contributed by atoms with Crippen LogP contribution in [0.4, 0.5) is 5.69 Å². The van der Waals surface area contributed by atoms with Crippen LogP contribution in [0.3, 0.4) is 0 Å². The number of carbonyl (C=O) groups is 3. The number of amides is 2. The van der Waals surface area contributed by atoms with E-state index in [2.05, 4.69) is 77.1 Å². The standard InChI is InChI=1S/C57H78N8O9S/c1-7-71-52-50(60-53(66)48-34(2)47(48)46-11-9-24-73-46)55(67)65-18-8-10-43(61-65)56(68)74-33-57(4,5)30-42-40-28-36(44-32-75-54(52)59-44)12-15-45(40)64(23-27-72-39-16-25-70-26-17-39)51(42)41-29-38(31-58-49(41)35(3)69-6)63-21-19-62(20-22-63)37-13-14-37/h12,15,28-29,31-32,34-35,37,39,43,46-48,50,52,61H,7-11,13-14,16-27,30,33H2,1-6H3,(H,60,66)/t34-,35-,43-,46+,47-,48+,50-,52-/m0/s1. The average molecular weight is 1050 g/mol. The summed E-state index contributed by atoms with van der Waals surface area (Å²) in [5.74, 6) is -1.09. The van der Waals surface area contributed by atoms with E-state index in [9.17, 15) is 14.4 Å². The molecule has 8 heterocycles. The molecule has 75 heavy (non-hydrogen) atoms. The van der Waals surface area contributed by atoms with Crippen LogP contribution in [0.5, 0.6) is 0 Å². The number of esters is 1. The van der Waals surface area contributed by atoms with Crippen molar-refractivity contribution in [2.75, 3.05) is 84.4 Å². The smallest absolute Gasteiger partial charge is 0.324 e. The Kier molecular flexibility index (Phi) is 15.7. The number of aromatic nitrogens is 3. The fraction of sp³-hybridized carbons (Fsp3) is 0.667. The Morgan fingerprint density at radius 3 is 2.56 bits per heavy atom. The van der Waals surface area contributed by atoms with Gasteiger partial charge in [0.15, 0.2) is 0 Å². The van der Waals surface area contributed by atoms with Crippen LogP contribution in [0.2, 0.25) is 0 Å². The molecule has 11 rings (SSSR count). The lowest BCUT2D eigenvalue weighted by Crippen LogP contribution is -2.61. The summed E-state index contributed by atoms with van der Waals surface area (Å²) >= 11 is 1.42. The minimum Gasteiger partial charge on any atom is -0.464 e. The number of cyclic esters (lactones) is 1. The molecule has 0 unspecified atom stereocenters. The van der Waals surface area contributed by atoms with Gasteiger partial charge in [-0.15, -0.1) is 11.3 Å². The normalized spacial score (nSPS) is 28.3. The molecule has 18 heteroatoms. The first-order chi connectivity index (χ1) is 36.4. The Labute approximate surface area is 445 Å². The van der Waals surface area contributed by atoms with Gasteiger partial charge >= 0.3 is 5.97 Å². The van der Waals surface area contributed by atoms with Gasteiger partial charge in [-0.25, -0.2) is 10.4 Å². The van der Waals surface area contributed by atoms with E-state index >= 15 is 0 Å². The monoisotopic (exact) mass is 1050 g/mol. The summed E-state index contributed by atoms with van der Waals surface area (Å²) in [4.78, 5) is 59.3. The molecule has 0 radical (unpaired) electrons. The summed E-state index contributed by atoms with van der Waals surface area (Å²) in [5, 5.41) is 8.32. The van der Waals surface area contributed by atoms with Crippen molar-refractivity contribution in [2.45, 2.75) is 141 Å². The Balaban J connectivity index is 1.03. The highest BCUT2D eigenvalue weighted by atomic mass is 32.1. The van der Waals surface area contributed by atoms with E-state index < -0.39 is 29.6 Å². The number of pyridine rings is 1. The van der Waals surface area contributed by atoms with Gasteiger partial charge in [-0.1, -0.05) is 26.8 Å². The summed E-state index contributed by atoms with van der Waals surface area (Å²) in [7, 11) is 1.74. The van der Waals surface area contributed by atoms with Crippen molar-refractivity contribution in [3.63, 3.8) is 0 Å². The Morgan fingerprint density at radius 1 is 1.00 bits per heavy atom. The van der Waals surface area contributed by atoms with Crippen molar-refractivity contribution >= 4 is 45.7 Å². The van der Waals surface area contributed by atoms with Crippen LogP contribution >= 0.6 is 11.3 Å². The van der Waals surface area contributed by atoms with E-state index in [1.54, 1.807) is 7.11 Å². The lowest BCUT2D eigenvalue weighted by Gasteiger charge is -2.37. The first-order valence-corrected chi connectivity index (χ1v) is 28.9. The van der Waals surface area contributed by atoms with Crippen molar-refractivity contribution < 1.29 is 42.8 Å². The van der Waals surface area contributed by atoms with Crippen LogP contribution in [0, 0.1) is 23.2 Å². The van der Waals surface area contributed by atoms with Gasteiger partial charge in [0, 0.05) is 124 Å². The quantitative estimate of drug-likeness (QED) is 0.121. The van der Waals surface area contributed by atoms with Crippen molar-refractivity contribution in [2.24, 2.45) is 23.2 Å². The van der Waals surface area contributed by atoms with Crippen LogP contribution in [0.1, 0.15) is 114 Å². The molecule has 6 fully saturated rings. The maximum atomic E-state index is 15.0. The van der Waals surface area contributed by atoms with E-state index in [1.165, 1.54) is 29.2 Å². The van der Waals surface area contributed by atoms with E-state index in [0.29, 0.717) is 63.8 Å². The van der Waals surface area contributed by atoms with Gasteiger partial charge in [0.1, 0.15) is 23.2 Å². The fourth-order valence-electron chi connectivity index (χ4n) is 12.6. The number of rotatable bonds is 14. The SMILES string of the molecule is CCO[C@@H]1c2nc(cs2)-c2ccc3c(c2)c(c(-c2cc(N4CCN(C5CC5)CC4)cnc2[C@H](C)OC)n3CCOC2CCOCC2)CC(C)(C)COC(=O)[C@@H]2CCCN(N2)C(=O)[C@H]1NC(=O)[C@@H]1[C@@H](C)[C@H]1[C@H]1CCCO1. The molecular formula is C57H78N8O9S. The van der Waals surface area contributed by atoms with Crippen molar-refractivity contribution in [1.29, 1.82) is 0 Å². The molecule has 6 bridgehead atoms. The molecule has 4 aromatic rings. The largest absolute Gasteiger partial charge is 0.464 e. The highest BCUT2D eigenvalue weighted by molar-refractivity contribution is 7.10. The third kappa shape index (κ3) is 11.1. The van der Waals surface area contributed by atoms with E-state index in [-0.39, 0.29) is 61.1 Å². The summed E-state index contributed by atoms with van der Waals surface area (Å²) in [6.45, 7) is 18.2. The minimum atomic E-state index is -1.13. The lowest BCUT2D eigenvalue weighted by atomic mass is 9.84. The molecule has 406 valence electrons. The number of nitrogens with zero attached hydrogens (tertiary/aromatic N) is 6. The number of hydrogen-bond acceptors (Lipinski definition) is 15. The number of carbonyl (C=O) groups excluding carboxylic acids is 3. The van der Waals surface area contributed by atoms with Crippen molar-refractivity contribution in [1.82, 2.24) is 35.2 Å². The number of piperazine rings is 1. The lowest BCUT2D eigenvalue weighted by molar-refractivity contribution is -0.156. The molecule has 7 aliphatic rings. The van der Waals surface area contributed by atoms with Crippen LogP contribution in [0.25, 0.3) is 33.4 Å². The van der Waals surface area contributed by atoms with E-state index in [4.69, 9.17) is 38.4 Å². The van der Waals surface area contributed by atoms with E-state index in [0.717, 1.165) is 108 Å². The first-order valence-electron chi connectivity index (χ1n) is 28.0. The highest BCUT2D eigenvalue weighted by Crippen LogP contribution is 2.52. The number of thiazole rings is 1. The molecule has 3 aromatic heterocycles. The number of nitrogens with one attached hydrogen (secondary N) is 2. The van der Waals surface area contributed by atoms with Gasteiger partial charge in [-0.05, 0) is 101 Å². The Morgan fingerprint density at radius 2 is 1.81 bits per heavy atom. The van der Waals surface area contributed by atoms with Gasteiger partial charge in [0.2, 0.25) is 5.91 Å². The Hall–Kier alpha value is -4.53. The molecule has 2 amide bonds. The second kappa shape index (κ2) is 22.4. The van der Waals surface area contributed by atoms with Crippen LogP contribution < -0.4 is 15.6 Å². The summed E-state index contributed by atoms with van der Waals surface area (Å²) in [5.41, 5.74) is 10.4. The van der Waals surface area contributed by atoms with Crippen LogP contribution in [-0.2, 0) is 55.8 Å². The summed E-state index contributed by atoms with van der Waals surface area (Å²) in [6, 6.07) is 7.71. The zero-order valence-corrected chi connectivity index (χ0v) is 45.7. The zero-order valence-electron chi connectivity index (χ0n) is 44.9. The first kappa shape index (κ1) is 52.5. The maximum Gasteiger partial charge on any atom is 0.324 e. The minimum absolute atomic E-state index is 0.0355. The molecule has 5 aliphatic heterocycles. The van der Waals surface area contributed by atoms with Crippen LogP contribution in [0.15, 0.2) is 35.8 Å². The van der Waals surface area contributed by atoms with E-state index in [1.807, 2.05) is 18.5 Å². The number of hydrogen-bond donors (Lipinski definition) is 2. The molecule has 0 spiro atoms. The second-order valence-electron chi connectivity index (χ2n) is 22.9.